The Kier molecular flexibility index (Phi) is 5.30. The van der Waals surface area contributed by atoms with Gasteiger partial charge in [0.15, 0.2) is 0 Å². The average Bonchev–Trinajstić information content (AvgIpc) is 2.43. The Bertz CT molecular complexity index is 545. The van der Waals surface area contributed by atoms with Gasteiger partial charge >= 0.3 is 0 Å². The normalized spacial score (nSPS) is 16.0. The number of amides is 2. The Hall–Kier alpha value is -1.47. The molecular formula is C14H17BrFN3O2. The lowest BCUT2D eigenvalue weighted by molar-refractivity contribution is -0.136. The number of carbonyl (C=O) groups is 2. The van der Waals surface area contributed by atoms with Gasteiger partial charge in [0.2, 0.25) is 11.8 Å². The third-order valence-corrected chi connectivity index (χ3v) is 3.95. The second-order valence-corrected chi connectivity index (χ2v) is 5.95. The van der Waals surface area contributed by atoms with Crippen molar-refractivity contribution >= 4 is 27.7 Å². The number of rotatable bonds is 4. The number of benzene rings is 1. The zero-order chi connectivity index (χ0) is 15.4. The van der Waals surface area contributed by atoms with Crippen LogP contribution in [0.3, 0.4) is 0 Å². The summed E-state index contributed by atoms with van der Waals surface area (Å²) in [6.07, 6.45) is -0.250. The first-order valence-electron chi connectivity index (χ1n) is 6.68. The topological polar surface area (TPSA) is 66.6 Å². The lowest BCUT2D eigenvalue weighted by Crippen LogP contribution is -2.49. The van der Waals surface area contributed by atoms with Crippen LogP contribution in [-0.2, 0) is 16.1 Å². The molecule has 0 bridgehead atoms. The molecule has 2 rings (SSSR count). The van der Waals surface area contributed by atoms with Crippen molar-refractivity contribution in [2.24, 2.45) is 5.73 Å². The fourth-order valence-electron chi connectivity index (χ4n) is 2.32. The minimum atomic E-state index is -0.612. The molecule has 2 N–H and O–H groups in total. The van der Waals surface area contributed by atoms with Gasteiger partial charge in [-0.2, -0.15) is 0 Å². The summed E-state index contributed by atoms with van der Waals surface area (Å²) in [7, 11) is 0. The molecule has 7 heteroatoms. The Morgan fingerprint density at radius 2 is 1.90 bits per heavy atom. The first kappa shape index (κ1) is 15.9. The fraction of sp³-hybridized carbons (Fsp3) is 0.429. The number of carbonyl (C=O) groups excluding carboxylic acids is 2. The van der Waals surface area contributed by atoms with Crippen molar-refractivity contribution < 1.29 is 14.0 Å². The third-order valence-electron chi connectivity index (χ3n) is 3.45. The average molecular weight is 358 g/mol. The number of hydrogen-bond acceptors (Lipinski definition) is 3. The molecule has 1 fully saturated rings. The molecule has 21 heavy (non-hydrogen) atoms. The van der Waals surface area contributed by atoms with Crippen LogP contribution in [0.25, 0.3) is 0 Å². The highest BCUT2D eigenvalue weighted by Crippen LogP contribution is 2.18. The van der Waals surface area contributed by atoms with Crippen molar-refractivity contribution in [3.8, 4) is 0 Å². The Balaban J connectivity index is 1.88. The number of hydrogen-bond donors (Lipinski definition) is 1. The van der Waals surface area contributed by atoms with E-state index in [0.717, 1.165) is 4.47 Å². The minimum absolute atomic E-state index is 0.231. The van der Waals surface area contributed by atoms with Crippen molar-refractivity contribution in [1.29, 1.82) is 0 Å². The Labute approximate surface area is 131 Å². The minimum Gasteiger partial charge on any atom is -0.369 e. The lowest BCUT2D eigenvalue weighted by atomic mass is 10.2. The van der Waals surface area contributed by atoms with Gasteiger partial charge in [-0.05, 0) is 18.2 Å². The molecular weight excluding hydrogens is 341 g/mol. The number of primary amides is 1. The van der Waals surface area contributed by atoms with Crippen LogP contribution < -0.4 is 5.73 Å². The van der Waals surface area contributed by atoms with Crippen LogP contribution in [-0.4, -0.2) is 47.8 Å². The summed E-state index contributed by atoms with van der Waals surface area (Å²) in [5.41, 5.74) is 5.64. The van der Waals surface area contributed by atoms with Gasteiger partial charge in [-0.25, -0.2) is 4.39 Å². The summed E-state index contributed by atoms with van der Waals surface area (Å²) in [6.45, 7) is 2.86. The molecule has 1 aliphatic heterocycles. The fourth-order valence-corrected chi connectivity index (χ4v) is 2.73. The highest BCUT2D eigenvalue weighted by Gasteiger charge is 2.22. The van der Waals surface area contributed by atoms with Crippen molar-refractivity contribution in [3.63, 3.8) is 0 Å². The highest BCUT2D eigenvalue weighted by molar-refractivity contribution is 9.10. The van der Waals surface area contributed by atoms with E-state index >= 15 is 0 Å². The van der Waals surface area contributed by atoms with Gasteiger partial charge in [-0.3, -0.25) is 14.5 Å². The highest BCUT2D eigenvalue weighted by atomic mass is 79.9. The van der Waals surface area contributed by atoms with Gasteiger partial charge in [-0.15, -0.1) is 0 Å². The maximum Gasteiger partial charge on any atom is 0.232 e. The molecule has 1 heterocycles. The maximum absolute atomic E-state index is 13.7. The largest absolute Gasteiger partial charge is 0.369 e. The van der Waals surface area contributed by atoms with Gasteiger partial charge in [-0.1, -0.05) is 15.9 Å². The third kappa shape index (κ3) is 4.50. The van der Waals surface area contributed by atoms with E-state index in [2.05, 4.69) is 20.8 Å². The SMILES string of the molecule is NC(=O)CC(=O)N1CCN(Cc2cc(Br)ccc2F)CC1. The molecule has 1 aliphatic rings. The summed E-state index contributed by atoms with van der Waals surface area (Å²) >= 11 is 3.33. The van der Waals surface area contributed by atoms with E-state index in [9.17, 15) is 14.0 Å². The van der Waals surface area contributed by atoms with Crippen molar-refractivity contribution in [3.05, 3.63) is 34.1 Å². The van der Waals surface area contributed by atoms with Gasteiger partial charge in [0.1, 0.15) is 12.2 Å². The molecule has 1 aromatic rings. The molecule has 0 aliphatic carbocycles. The van der Waals surface area contributed by atoms with Crippen LogP contribution >= 0.6 is 15.9 Å². The van der Waals surface area contributed by atoms with Crippen LogP contribution in [0.15, 0.2) is 22.7 Å². The molecule has 1 aromatic carbocycles. The summed E-state index contributed by atoms with van der Waals surface area (Å²) < 4.78 is 14.6. The lowest BCUT2D eigenvalue weighted by Gasteiger charge is -2.34. The van der Waals surface area contributed by atoms with E-state index in [1.165, 1.54) is 6.07 Å². The number of nitrogens with two attached hydrogens (primary N) is 1. The quantitative estimate of drug-likeness (QED) is 0.820. The van der Waals surface area contributed by atoms with Crippen LogP contribution in [0.2, 0.25) is 0 Å². The standard InChI is InChI=1S/C14H17BrFN3O2/c15-11-1-2-12(16)10(7-11)9-18-3-5-19(6-4-18)14(21)8-13(17)20/h1-2,7H,3-6,8-9H2,(H2,17,20). The molecule has 5 nitrogen and oxygen atoms in total. The van der Waals surface area contributed by atoms with Crippen LogP contribution in [0, 0.1) is 5.82 Å². The Morgan fingerprint density at radius 1 is 1.24 bits per heavy atom. The zero-order valence-electron chi connectivity index (χ0n) is 11.5. The molecule has 0 aromatic heterocycles. The van der Waals surface area contributed by atoms with Gasteiger partial charge in [0, 0.05) is 42.8 Å². The van der Waals surface area contributed by atoms with E-state index in [1.54, 1.807) is 17.0 Å². The van der Waals surface area contributed by atoms with Gasteiger partial charge in [0.25, 0.3) is 0 Å². The van der Waals surface area contributed by atoms with Crippen LogP contribution in [0.4, 0.5) is 4.39 Å². The zero-order valence-corrected chi connectivity index (χ0v) is 13.1. The van der Waals surface area contributed by atoms with Crippen LogP contribution in [0.5, 0.6) is 0 Å². The predicted molar refractivity (Wildman–Crippen MR) is 79.8 cm³/mol. The second kappa shape index (κ2) is 7.00. The van der Waals surface area contributed by atoms with E-state index in [0.29, 0.717) is 38.3 Å². The molecule has 0 saturated carbocycles. The molecule has 0 radical (unpaired) electrons. The van der Waals surface area contributed by atoms with Crippen molar-refractivity contribution in [1.82, 2.24) is 9.80 Å². The van der Waals surface area contributed by atoms with Crippen molar-refractivity contribution in [2.45, 2.75) is 13.0 Å². The number of piperazine rings is 1. The summed E-state index contributed by atoms with van der Waals surface area (Å²) in [4.78, 5) is 26.2. The first-order chi connectivity index (χ1) is 9.95. The first-order valence-corrected chi connectivity index (χ1v) is 7.47. The monoisotopic (exact) mass is 357 g/mol. The molecule has 0 atom stereocenters. The summed E-state index contributed by atoms with van der Waals surface area (Å²) in [5.74, 6) is -1.08. The second-order valence-electron chi connectivity index (χ2n) is 5.04. The smallest absolute Gasteiger partial charge is 0.232 e. The van der Waals surface area contributed by atoms with E-state index < -0.39 is 5.91 Å². The van der Waals surface area contributed by atoms with E-state index in [-0.39, 0.29) is 18.1 Å². The molecule has 2 amide bonds. The van der Waals surface area contributed by atoms with E-state index in [1.807, 2.05) is 0 Å². The molecule has 1 saturated heterocycles. The summed E-state index contributed by atoms with van der Waals surface area (Å²) in [5, 5.41) is 0. The molecule has 0 spiro atoms. The van der Waals surface area contributed by atoms with Gasteiger partial charge in [0.05, 0.1) is 0 Å². The van der Waals surface area contributed by atoms with Crippen molar-refractivity contribution in [2.75, 3.05) is 26.2 Å². The maximum atomic E-state index is 13.7. The Morgan fingerprint density at radius 3 is 2.52 bits per heavy atom. The number of nitrogens with zero attached hydrogens (tertiary/aromatic N) is 2. The van der Waals surface area contributed by atoms with Crippen LogP contribution in [0.1, 0.15) is 12.0 Å². The molecule has 0 unspecified atom stereocenters. The predicted octanol–water partition coefficient (Wildman–Crippen LogP) is 1.11. The van der Waals surface area contributed by atoms with E-state index in [4.69, 9.17) is 5.73 Å². The number of halogens is 2. The van der Waals surface area contributed by atoms with Gasteiger partial charge < -0.3 is 10.6 Å². The molecule has 114 valence electrons. The summed E-state index contributed by atoms with van der Waals surface area (Å²) in [6, 6.07) is 4.87.